The third-order valence-corrected chi connectivity index (χ3v) is 5.39. The standard InChI is InChI=1S/C21H18ClN2O5S/c1-12-4-6-14(7-5-12)23-18(25)11-24-20(26)17(30-21(24)27)10-13-8-15(22)19(29-3)16(9-13)28-2/h4-10H,3,11H2,1-2H3,(H,23,25). The maximum absolute atomic E-state index is 12.7. The van der Waals surface area contributed by atoms with Gasteiger partial charge in [0.05, 0.1) is 17.0 Å². The molecule has 1 N–H and O–H groups in total. The Bertz CT molecular complexity index is 1040. The van der Waals surface area contributed by atoms with E-state index in [1.165, 1.54) is 13.2 Å². The number of halogens is 1. The van der Waals surface area contributed by atoms with Crippen LogP contribution >= 0.6 is 23.4 Å². The predicted octanol–water partition coefficient (Wildman–Crippen LogP) is 4.50. The van der Waals surface area contributed by atoms with Gasteiger partial charge < -0.3 is 14.8 Å². The number of ether oxygens (including phenoxy) is 2. The van der Waals surface area contributed by atoms with Crippen LogP contribution in [0.2, 0.25) is 5.02 Å². The average molecular weight is 446 g/mol. The number of anilines is 1. The second-order valence-corrected chi connectivity index (χ2v) is 7.76. The lowest BCUT2D eigenvalue weighted by molar-refractivity contribution is -0.127. The average Bonchev–Trinajstić information content (AvgIpc) is 2.96. The highest BCUT2D eigenvalue weighted by atomic mass is 35.5. The smallest absolute Gasteiger partial charge is 0.294 e. The fourth-order valence-electron chi connectivity index (χ4n) is 2.73. The first kappa shape index (κ1) is 21.7. The van der Waals surface area contributed by atoms with Gasteiger partial charge in [0.25, 0.3) is 11.1 Å². The number of amides is 3. The number of aryl methyl sites for hydroxylation is 1. The highest BCUT2D eigenvalue weighted by Crippen LogP contribution is 2.38. The minimum Gasteiger partial charge on any atom is -0.493 e. The van der Waals surface area contributed by atoms with Gasteiger partial charge in [0, 0.05) is 5.69 Å². The molecule has 2 aromatic rings. The topological polar surface area (TPSA) is 84.9 Å². The normalized spacial score (nSPS) is 14.9. The lowest BCUT2D eigenvalue weighted by atomic mass is 10.2. The van der Waals surface area contributed by atoms with Gasteiger partial charge in [-0.2, -0.15) is 0 Å². The summed E-state index contributed by atoms with van der Waals surface area (Å²) >= 11 is 6.90. The summed E-state index contributed by atoms with van der Waals surface area (Å²) in [5.74, 6) is -0.432. The van der Waals surface area contributed by atoms with E-state index in [1.54, 1.807) is 24.3 Å². The van der Waals surface area contributed by atoms with Crippen molar-refractivity contribution in [3.05, 3.63) is 64.6 Å². The van der Waals surface area contributed by atoms with Gasteiger partial charge in [-0.15, -0.1) is 0 Å². The summed E-state index contributed by atoms with van der Waals surface area (Å²) in [6.45, 7) is 1.55. The molecule has 0 spiro atoms. The molecule has 0 aromatic heterocycles. The number of thioether (sulfide) groups is 1. The molecule has 3 rings (SSSR count). The molecule has 1 aliphatic heterocycles. The van der Waals surface area contributed by atoms with Crippen molar-refractivity contribution in [2.75, 3.05) is 19.0 Å². The van der Waals surface area contributed by atoms with Gasteiger partial charge in [0.15, 0.2) is 11.5 Å². The number of hydrogen-bond donors (Lipinski definition) is 1. The lowest BCUT2D eigenvalue weighted by Gasteiger charge is -2.12. The maximum atomic E-state index is 12.7. The van der Waals surface area contributed by atoms with Crippen molar-refractivity contribution in [2.24, 2.45) is 0 Å². The van der Waals surface area contributed by atoms with E-state index in [4.69, 9.17) is 21.1 Å². The fourth-order valence-corrected chi connectivity index (χ4v) is 3.84. The van der Waals surface area contributed by atoms with Crippen LogP contribution in [-0.4, -0.2) is 35.6 Å². The first-order chi connectivity index (χ1) is 14.3. The van der Waals surface area contributed by atoms with Gasteiger partial charge in [-0.1, -0.05) is 29.3 Å². The van der Waals surface area contributed by atoms with Crippen LogP contribution in [0.1, 0.15) is 11.1 Å². The zero-order chi connectivity index (χ0) is 21.8. The highest BCUT2D eigenvalue weighted by molar-refractivity contribution is 8.18. The van der Waals surface area contributed by atoms with Crippen molar-refractivity contribution >= 4 is 52.2 Å². The SMILES string of the molecule is [CH2]Oc1c(Cl)cc(C=C2SC(=O)N(CC(=O)Nc3ccc(C)cc3)C2=O)cc1OC. The van der Waals surface area contributed by atoms with E-state index >= 15 is 0 Å². The molecule has 1 fully saturated rings. The number of imide groups is 1. The lowest BCUT2D eigenvalue weighted by Crippen LogP contribution is -2.36. The number of methoxy groups -OCH3 is 1. The predicted molar refractivity (Wildman–Crippen MR) is 116 cm³/mol. The summed E-state index contributed by atoms with van der Waals surface area (Å²) in [6.07, 6.45) is 1.50. The number of carbonyl (C=O) groups excluding carboxylic acids is 3. The zero-order valence-electron chi connectivity index (χ0n) is 16.2. The Kier molecular flexibility index (Phi) is 6.69. The Labute approximate surface area is 183 Å². The van der Waals surface area contributed by atoms with Crippen molar-refractivity contribution in [3.63, 3.8) is 0 Å². The van der Waals surface area contributed by atoms with E-state index in [1.807, 2.05) is 19.1 Å². The Morgan fingerprint density at radius 1 is 1.27 bits per heavy atom. The van der Waals surface area contributed by atoms with E-state index in [9.17, 15) is 14.4 Å². The molecule has 3 amide bonds. The molecule has 0 bridgehead atoms. The molecule has 2 aromatic carbocycles. The minimum atomic E-state index is -0.559. The first-order valence-corrected chi connectivity index (χ1v) is 9.93. The first-order valence-electron chi connectivity index (χ1n) is 8.74. The van der Waals surface area contributed by atoms with Crippen LogP contribution in [0, 0.1) is 14.0 Å². The quantitative estimate of drug-likeness (QED) is 0.659. The zero-order valence-corrected chi connectivity index (χ0v) is 17.8. The molecule has 1 heterocycles. The number of benzene rings is 2. The summed E-state index contributed by atoms with van der Waals surface area (Å²) in [4.78, 5) is 38.3. The van der Waals surface area contributed by atoms with Crippen molar-refractivity contribution < 1.29 is 23.9 Å². The molecule has 0 unspecified atom stereocenters. The molecule has 155 valence electrons. The molecule has 1 saturated heterocycles. The summed E-state index contributed by atoms with van der Waals surface area (Å²) < 4.78 is 10.1. The van der Waals surface area contributed by atoms with Crippen LogP contribution in [0.25, 0.3) is 6.08 Å². The largest absolute Gasteiger partial charge is 0.493 e. The minimum absolute atomic E-state index is 0.171. The van der Waals surface area contributed by atoms with E-state index in [2.05, 4.69) is 12.4 Å². The van der Waals surface area contributed by atoms with Gasteiger partial charge in [0.1, 0.15) is 13.7 Å². The van der Waals surface area contributed by atoms with E-state index < -0.39 is 17.1 Å². The molecule has 7 nitrogen and oxygen atoms in total. The van der Waals surface area contributed by atoms with Crippen molar-refractivity contribution in [3.8, 4) is 11.5 Å². The van der Waals surface area contributed by atoms with Crippen molar-refractivity contribution in [1.82, 2.24) is 4.90 Å². The van der Waals surface area contributed by atoms with Crippen LogP contribution < -0.4 is 14.8 Å². The Morgan fingerprint density at radius 2 is 1.97 bits per heavy atom. The second-order valence-electron chi connectivity index (χ2n) is 6.36. The Balaban J connectivity index is 1.75. The molecule has 30 heavy (non-hydrogen) atoms. The Hall–Kier alpha value is -2.97. The van der Waals surface area contributed by atoms with E-state index in [0.717, 1.165) is 22.2 Å². The Morgan fingerprint density at radius 3 is 2.60 bits per heavy atom. The fraction of sp³-hybridized carbons (Fsp3) is 0.143. The summed E-state index contributed by atoms with van der Waals surface area (Å²) in [5.41, 5.74) is 2.17. The van der Waals surface area contributed by atoms with Crippen LogP contribution in [0.15, 0.2) is 41.3 Å². The second kappa shape index (κ2) is 9.23. The van der Waals surface area contributed by atoms with E-state index in [0.29, 0.717) is 17.0 Å². The van der Waals surface area contributed by atoms with Gasteiger partial charge in [-0.25, -0.2) is 0 Å². The van der Waals surface area contributed by atoms with Crippen LogP contribution in [-0.2, 0) is 9.59 Å². The molecule has 0 saturated carbocycles. The summed E-state index contributed by atoms with van der Waals surface area (Å²) in [5, 5.41) is 2.39. The summed E-state index contributed by atoms with van der Waals surface area (Å²) in [6, 6.07) is 10.4. The molecule has 1 aliphatic rings. The number of rotatable bonds is 6. The maximum Gasteiger partial charge on any atom is 0.294 e. The van der Waals surface area contributed by atoms with Gasteiger partial charge >= 0.3 is 0 Å². The van der Waals surface area contributed by atoms with Gasteiger partial charge in [0.2, 0.25) is 5.91 Å². The van der Waals surface area contributed by atoms with E-state index in [-0.39, 0.29) is 22.2 Å². The van der Waals surface area contributed by atoms with Crippen LogP contribution in [0.3, 0.4) is 0 Å². The molecule has 1 radical (unpaired) electrons. The van der Waals surface area contributed by atoms with Crippen molar-refractivity contribution in [1.29, 1.82) is 0 Å². The number of nitrogens with zero attached hydrogens (tertiary/aromatic N) is 1. The third-order valence-electron chi connectivity index (χ3n) is 4.20. The molecule has 9 heteroatoms. The van der Waals surface area contributed by atoms with Gasteiger partial charge in [-0.3, -0.25) is 19.3 Å². The molecule has 0 aliphatic carbocycles. The molecule has 0 atom stereocenters. The number of hydrogen-bond acceptors (Lipinski definition) is 6. The highest BCUT2D eigenvalue weighted by Gasteiger charge is 2.36. The van der Waals surface area contributed by atoms with Crippen LogP contribution in [0.5, 0.6) is 11.5 Å². The number of nitrogens with one attached hydrogen (secondary N) is 1. The van der Waals surface area contributed by atoms with Crippen LogP contribution in [0.4, 0.5) is 10.5 Å². The van der Waals surface area contributed by atoms with Crippen molar-refractivity contribution in [2.45, 2.75) is 6.92 Å². The third kappa shape index (κ3) is 4.77. The number of carbonyl (C=O) groups is 3. The summed E-state index contributed by atoms with van der Waals surface area (Å²) in [7, 11) is 4.77. The van der Waals surface area contributed by atoms with Gasteiger partial charge in [-0.05, 0) is 54.6 Å². The monoisotopic (exact) mass is 445 g/mol. The molecular weight excluding hydrogens is 428 g/mol. The molecular formula is C21H18ClN2O5S.